The van der Waals surface area contributed by atoms with Crippen LogP contribution in [0.3, 0.4) is 0 Å². The third-order valence-corrected chi connectivity index (χ3v) is 6.64. The molecule has 0 aliphatic heterocycles. The molecule has 1 aliphatic rings. The van der Waals surface area contributed by atoms with E-state index in [9.17, 15) is 14.4 Å². The Labute approximate surface area is 223 Å². The second-order valence-corrected chi connectivity index (χ2v) is 10.9. The van der Waals surface area contributed by atoms with Crippen molar-refractivity contribution in [2.75, 3.05) is 11.1 Å². The Kier molecular flexibility index (Phi) is 8.95. The second kappa shape index (κ2) is 11.6. The van der Waals surface area contributed by atoms with E-state index in [-0.39, 0.29) is 23.6 Å². The van der Waals surface area contributed by atoms with Crippen molar-refractivity contribution in [2.45, 2.75) is 64.8 Å². The molecule has 0 bridgehead atoms. The number of para-hydroxylation sites is 1. The van der Waals surface area contributed by atoms with E-state index in [1.54, 1.807) is 31.7 Å². The molecule has 0 saturated heterocycles. The normalized spacial score (nSPS) is 18.5. The monoisotopic (exact) mass is 531 g/mol. The number of hydrogen-bond acceptors (Lipinski definition) is 5. The van der Waals surface area contributed by atoms with Crippen molar-refractivity contribution in [3.05, 3.63) is 64.7 Å². The van der Waals surface area contributed by atoms with Gasteiger partial charge in [-0.2, -0.15) is 12.6 Å². The van der Waals surface area contributed by atoms with Gasteiger partial charge in [0.05, 0.1) is 10.7 Å². The van der Waals surface area contributed by atoms with Crippen molar-refractivity contribution < 1.29 is 19.1 Å². The number of thiol groups is 1. The number of halogens is 1. The number of carbonyl (C=O) groups excluding carboxylic acids is 3. The van der Waals surface area contributed by atoms with Gasteiger partial charge in [-0.1, -0.05) is 61.0 Å². The first kappa shape index (κ1) is 27.9. The predicted octanol–water partition coefficient (Wildman–Crippen LogP) is 5.39. The molecule has 2 N–H and O–H groups in total. The molecule has 3 amide bonds. The van der Waals surface area contributed by atoms with Gasteiger partial charge in [0, 0.05) is 11.8 Å². The van der Waals surface area contributed by atoms with Crippen molar-refractivity contribution in [1.82, 2.24) is 10.2 Å². The van der Waals surface area contributed by atoms with Crippen LogP contribution in [0.25, 0.3) is 0 Å². The Bertz CT molecular complexity index is 1090. The number of nitrogens with one attached hydrogen (secondary N) is 2. The van der Waals surface area contributed by atoms with Crippen LogP contribution >= 0.6 is 24.2 Å². The Hall–Kier alpha value is -2.71. The summed E-state index contributed by atoms with van der Waals surface area (Å²) in [7, 11) is 0. The molecule has 0 heterocycles. The molecular weight excluding hydrogens is 498 g/mol. The SMILES string of the molecule is Cc1cccc(Cl)c1NC(=O)C(c1ccccc1)N(C(=O)C(CS)NC(=O)OC(C)(C)C)C1CC1C. The summed E-state index contributed by atoms with van der Waals surface area (Å²) in [6.07, 6.45) is 0.0326. The zero-order valence-electron chi connectivity index (χ0n) is 21.2. The standard InChI is InChI=1S/C27H34ClN3O4S/c1-16-10-9-13-19(28)22(16)30-24(32)23(18-11-7-6-8-12-18)31(21-14-17(21)2)25(33)20(15-36)29-26(34)35-27(3,4)5/h6-13,17,20-21,23,36H,14-15H2,1-5H3,(H,29,34)(H,30,32). The zero-order valence-corrected chi connectivity index (χ0v) is 22.9. The summed E-state index contributed by atoms with van der Waals surface area (Å²) in [5.74, 6) is -0.537. The largest absolute Gasteiger partial charge is 0.444 e. The Morgan fingerprint density at radius 2 is 1.78 bits per heavy atom. The lowest BCUT2D eigenvalue weighted by molar-refractivity contribution is -0.141. The van der Waals surface area contributed by atoms with Gasteiger partial charge >= 0.3 is 6.09 Å². The maximum atomic E-state index is 13.9. The molecule has 0 radical (unpaired) electrons. The van der Waals surface area contributed by atoms with Crippen molar-refractivity contribution in [3.63, 3.8) is 0 Å². The zero-order chi connectivity index (χ0) is 26.6. The number of rotatable bonds is 8. The minimum absolute atomic E-state index is 0.0441. The smallest absolute Gasteiger partial charge is 0.408 e. The summed E-state index contributed by atoms with van der Waals surface area (Å²) in [5, 5.41) is 5.99. The van der Waals surface area contributed by atoms with Gasteiger partial charge in [0.25, 0.3) is 5.91 Å². The molecule has 1 aliphatic carbocycles. The van der Waals surface area contributed by atoms with Crippen LogP contribution in [0.5, 0.6) is 0 Å². The van der Waals surface area contributed by atoms with Gasteiger partial charge in [0.15, 0.2) is 0 Å². The van der Waals surface area contributed by atoms with E-state index in [2.05, 4.69) is 23.3 Å². The highest BCUT2D eigenvalue weighted by Gasteiger charge is 2.48. The third-order valence-electron chi connectivity index (χ3n) is 5.96. The highest BCUT2D eigenvalue weighted by atomic mass is 35.5. The molecule has 194 valence electrons. The lowest BCUT2D eigenvalue weighted by Gasteiger charge is -2.35. The molecule has 1 saturated carbocycles. The maximum absolute atomic E-state index is 13.9. The lowest BCUT2D eigenvalue weighted by atomic mass is 10.0. The van der Waals surface area contributed by atoms with Gasteiger partial charge in [-0.3, -0.25) is 9.59 Å². The topological polar surface area (TPSA) is 87.7 Å². The molecule has 9 heteroatoms. The fourth-order valence-electron chi connectivity index (χ4n) is 4.04. The molecule has 7 nitrogen and oxygen atoms in total. The van der Waals surface area contributed by atoms with Gasteiger partial charge in [0.1, 0.15) is 17.7 Å². The first-order valence-electron chi connectivity index (χ1n) is 12.0. The minimum atomic E-state index is -0.975. The van der Waals surface area contributed by atoms with Crippen LogP contribution in [0, 0.1) is 12.8 Å². The maximum Gasteiger partial charge on any atom is 0.408 e. The van der Waals surface area contributed by atoms with E-state index in [1.807, 2.05) is 56.3 Å². The number of alkyl carbamates (subject to hydrolysis) is 1. The molecule has 0 aromatic heterocycles. The molecule has 2 aromatic carbocycles. The van der Waals surface area contributed by atoms with Crippen molar-refractivity contribution in [1.29, 1.82) is 0 Å². The fraction of sp³-hybridized carbons (Fsp3) is 0.444. The Balaban J connectivity index is 1.98. The molecule has 4 unspecified atom stereocenters. The molecule has 0 spiro atoms. The van der Waals surface area contributed by atoms with Crippen molar-refractivity contribution >= 4 is 47.8 Å². The number of anilines is 1. The van der Waals surface area contributed by atoms with E-state index in [0.29, 0.717) is 16.3 Å². The number of benzene rings is 2. The predicted molar refractivity (Wildman–Crippen MR) is 145 cm³/mol. The fourth-order valence-corrected chi connectivity index (χ4v) is 4.56. The van der Waals surface area contributed by atoms with Crippen LogP contribution in [0.2, 0.25) is 5.02 Å². The van der Waals surface area contributed by atoms with E-state index >= 15 is 0 Å². The summed E-state index contributed by atoms with van der Waals surface area (Å²) in [4.78, 5) is 41.8. The van der Waals surface area contributed by atoms with Crippen LogP contribution < -0.4 is 10.6 Å². The molecule has 1 fully saturated rings. The minimum Gasteiger partial charge on any atom is -0.444 e. The van der Waals surface area contributed by atoms with Crippen LogP contribution in [0.1, 0.15) is 51.3 Å². The molecule has 2 aromatic rings. The van der Waals surface area contributed by atoms with Crippen LogP contribution in [-0.2, 0) is 14.3 Å². The number of amides is 3. The Morgan fingerprint density at radius 1 is 1.14 bits per heavy atom. The summed E-state index contributed by atoms with van der Waals surface area (Å²) in [5.41, 5.74) is 1.24. The molecule has 36 heavy (non-hydrogen) atoms. The summed E-state index contributed by atoms with van der Waals surface area (Å²) < 4.78 is 5.35. The van der Waals surface area contributed by atoms with E-state index < -0.39 is 29.7 Å². The van der Waals surface area contributed by atoms with E-state index in [1.165, 1.54) is 0 Å². The average molecular weight is 532 g/mol. The average Bonchev–Trinajstić information content (AvgIpc) is 3.52. The Morgan fingerprint density at radius 3 is 2.31 bits per heavy atom. The number of ether oxygens (including phenoxy) is 1. The van der Waals surface area contributed by atoms with E-state index in [0.717, 1.165) is 12.0 Å². The molecular formula is C27H34ClN3O4S. The van der Waals surface area contributed by atoms with Crippen LogP contribution in [0.4, 0.5) is 10.5 Å². The van der Waals surface area contributed by atoms with Gasteiger partial charge in [-0.15, -0.1) is 0 Å². The molecule has 4 atom stereocenters. The van der Waals surface area contributed by atoms with Crippen molar-refractivity contribution in [3.8, 4) is 0 Å². The van der Waals surface area contributed by atoms with Crippen LogP contribution in [-0.4, -0.2) is 46.2 Å². The van der Waals surface area contributed by atoms with Gasteiger partial charge in [0.2, 0.25) is 5.91 Å². The highest BCUT2D eigenvalue weighted by molar-refractivity contribution is 7.80. The number of aryl methyl sites for hydroxylation is 1. The van der Waals surface area contributed by atoms with Crippen LogP contribution in [0.15, 0.2) is 48.5 Å². The number of hydrogen-bond donors (Lipinski definition) is 3. The van der Waals surface area contributed by atoms with E-state index in [4.69, 9.17) is 16.3 Å². The van der Waals surface area contributed by atoms with Gasteiger partial charge < -0.3 is 20.3 Å². The number of carbonyl (C=O) groups is 3. The quantitative estimate of drug-likeness (QED) is 0.399. The highest BCUT2D eigenvalue weighted by Crippen LogP contribution is 2.41. The summed E-state index contributed by atoms with van der Waals surface area (Å²) >= 11 is 10.7. The molecule has 3 rings (SSSR count). The lowest BCUT2D eigenvalue weighted by Crippen LogP contribution is -2.54. The number of nitrogens with zero attached hydrogens (tertiary/aromatic N) is 1. The third kappa shape index (κ3) is 6.95. The summed E-state index contributed by atoms with van der Waals surface area (Å²) in [6.45, 7) is 9.12. The first-order chi connectivity index (χ1) is 16.9. The summed E-state index contributed by atoms with van der Waals surface area (Å²) in [6, 6.07) is 12.4. The second-order valence-electron chi connectivity index (χ2n) is 10.1. The van der Waals surface area contributed by atoms with Gasteiger partial charge in [-0.05, 0) is 57.2 Å². The van der Waals surface area contributed by atoms with Crippen molar-refractivity contribution in [2.24, 2.45) is 5.92 Å². The van der Waals surface area contributed by atoms with Gasteiger partial charge in [-0.25, -0.2) is 4.79 Å². The first-order valence-corrected chi connectivity index (χ1v) is 13.0.